The fraction of sp³-hybridized carbons (Fsp3) is 0.0714. The Kier molecular flexibility index (Phi) is 2.80. The van der Waals surface area contributed by atoms with Gasteiger partial charge in [-0.05, 0) is 41.8 Å². The molecule has 3 heteroatoms. The fourth-order valence-electron chi connectivity index (χ4n) is 1.79. The van der Waals surface area contributed by atoms with E-state index in [2.05, 4.69) is 0 Å². The third kappa shape index (κ3) is 1.98. The highest BCUT2D eigenvalue weighted by atomic mass is 19.1. The summed E-state index contributed by atoms with van der Waals surface area (Å²) >= 11 is 0. The van der Waals surface area contributed by atoms with Crippen molar-refractivity contribution in [2.45, 2.75) is 6.92 Å². The van der Waals surface area contributed by atoms with E-state index in [1.807, 2.05) is 25.1 Å². The molecule has 2 N–H and O–H groups in total. The SMILES string of the molecule is Cc1c(N)cccc1-c1ccc(F)cc1C#N. The molecule has 2 aromatic carbocycles. The lowest BCUT2D eigenvalue weighted by Gasteiger charge is -2.10. The van der Waals surface area contributed by atoms with Crippen LogP contribution in [0, 0.1) is 24.1 Å². The molecule has 0 aliphatic heterocycles. The van der Waals surface area contributed by atoms with Crippen LogP contribution in [0.4, 0.5) is 10.1 Å². The number of nitrogen functional groups attached to an aromatic ring is 1. The van der Waals surface area contributed by atoms with E-state index in [0.717, 1.165) is 11.1 Å². The van der Waals surface area contributed by atoms with E-state index in [0.29, 0.717) is 16.8 Å². The average molecular weight is 226 g/mol. The first kappa shape index (κ1) is 11.2. The lowest BCUT2D eigenvalue weighted by atomic mass is 9.95. The number of rotatable bonds is 1. The molecule has 0 bridgehead atoms. The van der Waals surface area contributed by atoms with Gasteiger partial charge in [0.2, 0.25) is 0 Å². The smallest absolute Gasteiger partial charge is 0.124 e. The molecule has 0 spiro atoms. The van der Waals surface area contributed by atoms with Crippen molar-refractivity contribution in [3.63, 3.8) is 0 Å². The lowest BCUT2D eigenvalue weighted by Crippen LogP contribution is -1.94. The predicted octanol–water partition coefficient (Wildman–Crippen LogP) is 3.26. The number of hydrogen-bond acceptors (Lipinski definition) is 2. The zero-order valence-electron chi connectivity index (χ0n) is 9.37. The summed E-state index contributed by atoms with van der Waals surface area (Å²) in [6.45, 7) is 1.88. The number of nitrogens with two attached hydrogens (primary N) is 1. The van der Waals surface area contributed by atoms with Gasteiger partial charge in [0.1, 0.15) is 5.82 Å². The average Bonchev–Trinajstić information content (AvgIpc) is 2.33. The summed E-state index contributed by atoms with van der Waals surface area (Å²) in [4.78, 5) is 0. The van der Waals surface area contributed by atoms with Gasteiger partial charge < -0.3 is 5.73 Å². The Bertz CT molecular complexity index is 612. The summed E-state index contributed by atoms with van der Waals surface area (Å²) in [6.07, 6.45) is 0. The Labute approximate surface area is 99.1 Å². The van der Waals surface area contributed by atoms with Gasteiger partial charge >= 0.3 is 0 Å². The molecular formula is C14H11FN2. The molecule has 0 saturated carbocycles. The molecule has 0 amide bonds. The van der Waals surface area contributed by atoms with Gasteiger partial charge in [-0.25, -0.2) is 4.39 Å². The van der Waals surface area contributed by atoms with E-state index in [9.17, 15) is 4.39 Å². The maximum atomic E-state index is 13.1. The van der Waals surface area contributed by atoms with Crippen molar-refractivity contribution in [3.05, 3.63) is 53.3 Å². The topological polar surface area (TPSA) is 49.8 Å². The Hall–Kier alpha value is -2.34. The highest BCUT2D eigenvalue weighted by Gasteiger charge is 2.09. The maximum Gasteiger partial charge on any atom is 0.124 e. The van der Waals surface area contributed by atoms with Crippen LogP contribution in [0.5, 0.6) is 0 Å². The summed E-state index contributed by atoms with van der Waals surface area (Å²) in [5.74, 6) is -0.410. The van der Waals surface area contributed by atoms with Crippen LogP contribution >= 0.6 is 0 Å². The minimum Gasteiger partial charge on any atom is -0.398 e. The summed E-state index contributed by atoms with van der Waals surface area (Å²) in [6, 6.07) is 11.7. The largest absolute Gasteiger partial charge is 0.398 e. The maximum absolute atomic E-state index is 13.1. The summed E-state index contributed by atoms with van der Waals surface area (Å²) in [5, 5.41) is 9.02. The van der Waals surface area contributed by atoms with Crippen molar-refractivity contribution in [2.75, 3.05) is 5.73 Å². The van der Waals surface area contributed by atoms with Crippen LogP contribution < -0.4 is 5.73 Å². The van der Waals surface area contributed by atoms with E-state index in [-0.39, 0.29) is 0 Å². The van der Waals surface area contributed by atoms with Gasteiger partial charge in [-0.1, -0.05) is 18.2 Å². The first-order valence-electron chi connectivity index (χ1n) is 5.18. The highest BCUT2D eigenvalue weighted by molar-refractivity contribution is 5.76. The molecule has 0 fully saturated rings. The molecule has 2 rings (SSSR count). The number of benzene rings is 2. The van der Waals surface area contributed by atoms with E-state index >= 15 is 0 Å². The number of halogens is 1. The molecule has 0 heterocycles. The minimum absolute atomic E-state index is 0.318. The van der Waals surface area contributed by atoms with Crippen molar-refractivity contribution >= 4 is 5.69 Å². The van der Waals surface area contributed by atoms with Gasteiger partial charge in [-0.2, -0.15) is 5.26 Å². The van der Waals surface area contributed by atoms with Gasteiger partial charge in [0.05, 0.1) is 11.6 Å². The number of hydrogen-bond donors (Lipinski definition) is 1. The second-order valence-electron chi connectivity index (χ2n) is 3.82. The third-order valence-electron chi connectivity index (χ3n) is 2.77. The highest BCUT2D eigenvalue weighted by Crippen LogP contribution is 2.29. The van der Waals surface area contributed by atoms with Gasteiger partial charge in [0.15, 0.2) is 0 Å². The molecule has 0 atom stereocenters. The molecule has 0 saturated heterocycles. The number of anilines is 1. The molecule has 0 radical (unpaired) electrons. The molecule has 84 valence electrons. The lowest BCUT2D eigenvalue weighted by molar-refractivity contribution is 0.627. The Morgan fingerprint density at radius 1 is 1.18 bits per heavy atom. The second-order valence-corrected chi connectivity index (χ2v) is 3.82. The van der Waals surface area contributed by atoms with E-state index < -0.39 is 5.82 Å². The zero-order valence-corrected chi connectivity index (χ0v) is 9.37. The molecule has 2 nitrogen and oxygen atoms in total. The molecule has 17 heavy (non-hydrogen) atoms. The molecule has 0 unspecified atom stereocenters. The quantitative estimate of drug-likeness (QED) is 0.759. The normalized spacial score (nSPS) is 9.94. The standard InChI is InChI=1S/C14H11FN2/c1-9-12(3-2-4-14(9)17)13-6-5-11(15)7-10(13)8-16/h2-7H,17H2,1H3. The van der Waals surface area contributed by atoms with Crippen LogP contribution in [0.1, 0.15) is 11.1 Å². The predicted molar refractivity (Wildman–Crippen MR) is 65.7 cm³/mol. The fourth-order valence-corrected chi connectivity index (χ4v) is 1.79. The Morgan fingerprint density at radius 2 is 1.94 bits per heavy atom. The van der Waals surface area contributed by atoms with Crippen molar-refractivity contribution in [1.82, 2.24) is 0 Å². The van der Waals surface area contributed by atoms with E-state index in [1.54, 1.807) is 12.1 Å². The van der Waals surface area contributed by atoms with Crippen LogP contribution in [-0.4, -0.2) is 0 Å². The first-order chi connectivity index (χ1) is 8.13. The summed E-state index contributed by atoms with van der Waals surface area (Å²) in [7, 11) is 0. The Balaban J connectivity index is 2.69. The Morgan fingerprint density at radius 3 is 2.65 bits per heavy atom. The molecule has 2 aromatic rings. The van der Waals surface area contributed by atoms with Crippen molar-refractivity contribution in [2.24, 2.45) is 0 Å². The van der Waals surface area contributed by atoms with Crippen LogP contribution in [0.2, 0.25) is 0 Å². The first-order valence-corrected chi connectivity index (χ1v) is 5.18. The van der Waals surface area contributed by atoms with Crippen LogP contribution in [0.3, 0.4) is 0 Å². The van der Waals surface area contributed by atoms with Gasteiger partial charge in [0, 0.05) is 5.69 Å². The van der Waals surface area contributed by atoms with Gasteiger partial charge in [-0.15, -0.1) is 0 Å². The monoisotopic (exact) mass is 226 g/mol. The van der Waals surface area contributed by atoms with E-state index in [1.165, 1.54) is 12.1 Å². The molecule has 0 aliphatic rings. The second kappa shape index (κ2) is 4.26. The number of nitriles is 1. The summed E-state index contributed by atoms with van der Waals surface area (Å²) < 4.78 is 13.1. The van der Waals surface area contributed by atoms with Crippen LogP contribution in [-0.2, 0) is 0 Å². The van der Waals surface area contributed by atoms with Gasteiger partial charge in [-0.3, -0.25) is 0 Å². The third-order valence-corrected chi connectivity index (χ3v) is 2.77. The molecular weight excluding hydrogens is 215 g/mol. The van der Waals surface area contributed by atoms with E-state index in [4.69, 9.17) is 11.0 Å². The van der Waals surface area contributed by atoms with Crippen molar-refractivity contribution in [1.29, 1.82) is 5.26 Å². The summed E-state index contributed by atoms with van der Waals surface area (Å²) in [5.41, 5.74) is 9.27. The van der Waals surface area contributed by atoms with Crippen molar-refractivity contribution < 1.29 is 4.39 Å². The number of nitrogens with zero attached hydrogens (tertiary/aromatic N) is 1. The zero-order chi connectivity index (χ0) is 12.4. The van der Waals surface area contributed by atoms with Crippen LogP contribution in [0.15, 0.2) is 36.4 Å². The van der Waals surface area contributed by atoms with Crippen LogP contribution in [0.25, 0.3) is 11.1 Å². The van der Waals surface area contributed by atoms with Crippen molar-refractivity contribution in [3.8, 4) is 17.2 Å². The minimum atomic E-state index is -0.410. The molecule has 0 aliphatic carbocycles. The molecule has 0 aromatic heterocycles. The van der Waals surface area contributed by atoms with Gasteiger partial charge in [0.25, 0.3) is 0 Å².